The molecular weight excluding hydrogens is 252 g/mol. The van der Waals surface area contributed by atoms with Crippen LogP contribution in [0.2, 0.25) is 0 Å². The Morgan fingerprint density at radius 2 is 2.33 bits per heavy atom. The minimum atomic E-state index is 0.926. The average Bonchev–Trinajstić information content (AvgIpc) is 2.29. The van der Waals surface area contributed by atoms with Gasteiger partial charge in [-0.25, -0.2) is 4.98 Å². The Morgan fingerprint density at radius 3 is 3.07 bits per heavy atom. The lowest BCUT2D eigenvalue weighted by molar-refractivity contribution is 0.695. The van der Waals surface area contributed by atoms with Gasteiger partial charge >= 0.3 is 0 Å². The summed E-state index contributed by atoms with van der Waals surface area (Å²) in [6, 6.07) is 3.93. The number of rotatable bonds is 3. The van der Waals surface area contributed by atoms with E-state index in [9.17, 15) is 0 Å². The van der Waals surface area contributed by atoms with Gasteiger partial charge in [0.25, 0.3) is 0 Å². The second-order valence-electron chi connectivity index (χ2n) is 3.80. The molecule has 0 fully saturated rings. The molecule has 0 atom stereocenters. The van der Waals surface area contributed by atoms with Crippen LogP contribution >= 0.6 is 15.9 Å². The third kappa shape index (κ3) is 3.06. The van der Waals surface area contributed by atoms with Gasteiger partial charge in [0, 0.05) is 12.7 Å². The number of hydrogen-bond donors (Lipinski definition) is 1. The SMILES string of the molecule is Brc1cccnc1NCC1=CCCCC1. The fourth-order valence-electron chi connectivity index (χ4n) is 1.78. The largest absolute Gasteiger partial charge is 0.365 e. The van der Waals surface area contributed by atoms with Crippen LogP contribution in [0.15, 0.2) is 34.5 Å². The summed E-state index contributed by atoms with van der Waals surface area (Å²) in [5.41, 5.74) is 1.51. The van der Waals surface area contributed by atoms with Crippen LogP contribution in [0, 0.1) is 0 Å². The van der Waals surface area contributed by atoms with Crippen LogP contribution in [0.25, 0.3) is 0 Å². The molecule has 0 aromatic carbocycles. The lowest BCUT2D eigenvalue weighted by atomic mass is 10.00. The Hall–Kier alpha value is -0.830. The van der Waals surface area contributed by atoms with Crippen molar-refractivity contribution in [2.75, 3.05) is 11.9 Å². The molecule has 0 aliphatic heterocycles. The van der Waals surface area contributed by atoms with Crippen molar-refractivity contribution >= 4 is 21.7 Å². The van der Waals surface area contributed by atoms with Crippen molar-refractivity contribution in [2.24, 2.45) is 0 Å². The second-order valence-corrected chi connectivity index (χ2v) is 4.65. The summed E-state index contributed by atoms with van der Waals surface area (Å²) in [6.07, 6.45) is 9.31. The number of nitrogens with one attached hydrogen (secondary N) is 1. The minimum Gasteiger partial charge on any atom is -0.365 e. The molecule has 0 unspecified atom stereocenters. The second kappa shape index (κ2) is 5.31. The van der Waals surface area contributed by atoms with E-state index in [4.69, 9.17) is 0 Å². The van der Waals surface area contributed by atoms with Gasteiger partial charge in [0.15, 0.2) is 0 Å². The first-order valence-corrected chi connectivity index (χ1v) is 6.18. The summed E-state index contributed by atoms with van der Waals surface area (Å²) in [5.74, 6) is 0.934. The van der Waals surface area contributed by atoms with Crippen molar-refractivity contribution in [1.82, 2.24) is 4.98 Å². The van der Waals surface area contributed by atoms with Crippen molar-refractivity contribution < 1.29 is 0 Å². The Balaban J connectivity index is 1.93. The van der Waals surface area contributed by atoms with E-state index in [0.717, 1.165) is 16.8 Å². The van der Waals surface area contributed by atoms with Gasteiger partial charge in [-0.2, -0.15) is 0 Å². The molecule has 0 radical (unpaired) electrons. The zero-order chi connectivity index (χ0) is 10.5. The van der Waals surface area contributed by atoms with E-state index in [1.165, 1.54) is 31.3 Å². The van der Waals surface area contributed by atoms with Crippen LogP contribution in [0.5, 0.6) is 0 Å². The highest BCUT2D eigenvalue weighted by Gasteiger charge is 2.04. The number of aromatic nitrogens is 1. The fraction of sp³-hybridized carbons (Fsp3) is 0.417. The van der Waals surface area contributed by atoms with Gasteiger partial charge in [-0.1, -0.05) is 11.6 Å². The lowest BCUT2D eigenvalue weighted by Crippen LogP contribution is -2.08. The predicted molar refractivity (Wildman–Crippen MR) is 67.0 cm³/mol. The molecule has 2 rings (SSSR count). The first kappa shape index (κ1) is 10.7. The molecule has 1 N–H and O–H groups in total. The summed E-state index contributed by atoms with van der Waals surface area (Å²) in [5, 5.41) is 3.36. The molecule has 0 spiro atoms. The van der Waals surface area contributed by atoms with Crippen LogP contribution in [0.1, 0.15) is 25.7 Å². The molecule has 1 aliphatic carbocycles. The molecule has 2 nitrogen and oxygen atoms in total. The van der Waals surface area contributed by atoms with Crippen molar-refractivity contribution in [3.63, 3.8) is 0 Å². The third-order valence-electron chi connectivity index (χ3n) is 2.63. The van der Waals surface area contributed by atoms with Crippen LogP contribution in [-0.4, -0.2) is 11.5 Å². The summed E-state index contributed by atoms with van der Waals surface area (Å²) < 4.78 is 1.03. The number of allylic oxidation sites excluding steroid dienone is 1. The van der Waals surface area contributed by atoms with E-state index in [1.807, 2.05) is 18.3 Å². The summed E-state index contributed by atoms with van der Waals surface area (Å²) >= 11 is 3.48. The van der Waals surface area contributed by atoms with Crippen molar-refractivity contribution in [2.45, 2.75) is 25.7 Å². The van der Waals surface area contributed by atoms with Gasteiger partial charge in [0.1, 0.15) is 5.82 Å². The smallest absolute Gasteiger partial charge is 0.140 e. The van der Waals surface area contributed by atoms with E-state index in [1.54, 1.807) is 0 Å². The normalized spacial score (nSPS) is 15.9. The molecule has 1 heterocycles. The van der Waals surface area contributed by atoms with Gasteiger partial charge in [0.2, 0.25) is 0 Å². The van der Waals surface area contributed by atoms with E-state index in [2.05, 4.69) is 32.3 Å². The molecule has 1 aromatic rings. The molecule has 0 amide bonds. The van der Waals surface area contributed by atoms with Gasteiger partial charge in [-0.15, -0.1) is 0 Å². The predicted octanol–water partition coefficient (Wildman–Crippen LogP) is 3.76. The van der Waals surface area contributed by atoms with E-state index in [0.29, 0.717) is 0 Å². The molecule has 1 aliphatic rings. The van der Waals surface area contributed by atoms with E-state index >= 15 is 0 Å². The fourth-order valence-corrected chi connectivity index (χ4v) is 2.17. The summed E-state index contributed by atoms with van der Waals surface area (Å²) in [6.45, 7) is 0.926. The molecule has 80 valence electrons. The number of anilines is 1. The van der Waals surface area contributed by atoms with E-state index in [-0.39, 0.29) is 0 Å². The molecule has 1 aromatic heterocycles. The van der Waals surface area contributed by atoms with Crippen molar-refractivity contribution in [3.8, 4) is 0 Å². The highest BCUT2D eigenvalue weighted by Crippen LogP contribution is 2.21. The molecular formula is C12H15BrN2. The number of pyridine rings is 1. The Kier molecular flexibility index (Phi) is 3.78. The van der Waals surface area contributed by atoms with Crippen LogP contribution < -0.4 is 5.32 Å². The molecule has 0 bridgehead atoms. The topological polar surface area (TPSA) is 24.9 Å². The van der Waals surface area contributed by atoms with Gasteiger partial charge in [0.05, 0.1) is 4.47 Å². The van der Waals surface area contributed by atoms with Crippen LogP contribution in [0.4, 0.5) is 5.82 Å². The lowest BCUT2D eigenvalue weighted by Gasteiger charge is -2.14. The summed E-state index contributed by atoms with van der Waals surface area (Å²) in [4.78, 5) is 4.28. The Bertz CT molecular complexity index is 360. The number of nitrogens with zero attached hydrogens (tertiary/aromatic N) is 1. The average molecular weight is 267 g/mol. The zero-order valence-corrected chi connectivity index (χ0v) is 10.3. The monoisotopic (exact) mass is 266 g/mol. The van der Waals surface area contributed by atoms with Gasteiger partial charge in [-0.3, -0.25) is 0 Å². The Morgan fingerprint density at radius 1 is 1.40 bits per heavy atom. The first-order chi connectivity index (χ1) is 7.36. The maximum Gasteiger partial charge on any atom is 0.140 e. The van der Waals surface area contributed by atoms with Crippen molar-refractivity contribution in [3.05, 3.63) is 34.5 Å². The maximum absolute atomic E-state index is 4.28. The molecule has 0 saturated heterocycles. The molecule has 0 saturated carbocycles. The van der Waals surface area contributed by atoms with E-state index < -0.39 is 0 Å². The van der Waals surface area contributed by atoms with Gasteiger partial charge < -0.3 is 5.32 Å². The van der Waals surface area contributed by atoms with Gasteiger partial charge in [-0.05, 0) is 53.7 Å². The molecule has 15 heavy (non-hydrogen) atoms. The molecule has 3 heteroatoms. The quantitative estimate of drug-likeness (QED) is 0.843. The van der Waals surface area contributed by atoms with Crippen molar-refractivity contribution in [1.29, 1.82) is 0 Å². The van der Waals surface area contributed by atoms with Crippen LogP contribution in [0.3, 0.4) is 0 Å². The minimum absolute atomic E-state index is 0.926. The Labute approximate surface area is 98.9 Å². The maximum atomic E-state index is 4.28. The van der Waals surface area contributed by atoms with Crippen LogP contribution in [-0.2, 0) is 0 Å². The highest BCUT2D eigenvalue weighted by atomic mass is 79.9. The first-order valence-electron chi connectivity index (χ1n) is 5.38. The standard InChI is InChI=1S/C12H15BrN2/c13-11-7-4-8-14-12(11)15-9-10-5-2-1-3-6-10/h4-5,7-8H,1-3,6,9H2,(H,14,15). The number of halogens is 1. The summed E-state index contributed by atoms with van der Waals surface area (Å²) in [7, 11) is 0. The third-order valence-corrected chi connectivity index (χ3v) is 3.27. The number of hydrogen-bond acceptors (Lipinski definition) is 2. The highest BCUT2D eigenvalue weighted by molar-refractivity contribution is 9.10. The zero-order valence-electron chi connectivity index (χ0n) is 8.67.